The summed E-state index contributed by atoms with van der Waals surface area (Å²) in [5, 5.41) is 11.2. The molecule has 5 aromatic rings. The van der Waals surface area contributed by atoms with Crippen LogP contribution < -0.4 is 10.0 Å². The number of hydrogen-bond donors (Lipinski definition) is 3. The van der Waals surface area contributed by atoms with Crippen molar-refractivity contribution in [2.75, 3.05) is 29.7 Å². The monoisotopic (exact) mass is 620 g/mol. The molecule has 13 heteroatoms. The van der Waals surface area contributed by atoms with Crippen molar-refractivity contribution in [2.24, 2.45) is 0 Å². The topological polar surface area (TPSA) is 129 Å². The number of carboxylic acid groups (broad SMARTS) is 1. The maximum absolute atomic E-state index is 14.0. The standard InChI is InChI=1S/C30H28F2N6O2S.CH2O2/c31-25-4-3-5-26(32)30(25)41(39,40)36-24-9-7-23(8-10-24)35-29-19-27(33-20-34-29)21-6-11-28-22(18-21)12-15-38(28)17-16-37-13-1-2-14-37;2-1-3/h3-12,15,18-20,36H,1-2,13-14,16-17H2,(H,33,34,35);1H,(H,2,3). The molecule has 1 fully saturated rings. The van der Waals surface area contributed by atoms with Gasteiger partial charge in [0.1, 0.15) is 23.8 Å². The van der Waals surface area contributed by atoms with Crippen molar-refractivity contribution in [3.05, 3.63) is 97.0 Å². The number of nitrogens with one attached hydrogen (secondary N) is 2. The average Bonchev–Trinajstić information content (AvgIpc) is 3.67. The summed E-state index contributed by atoms with van der Waals surface area (Å²) in [6.07, 6.45) is 6.19. The lowest BCUT2D eigenvalue weighted by Crippen LogP contribution is -2.23. The molecule has 3 aromatic carbocycles. The highest BCUT2D eigenvalue weighted by molar-refractivity contribution is 7.92. The van der Waals surface area contributed by atoms with Crippen molar-refractivity contribution < 1.29 is 27.1 Å². The Morgan fingerprint density at radius 3 is 2.27 bits per heavy atom. The Labute approximate surface area is 253 Å². The zero-order chi connectivity index (χ0) is 31.1. The molecule has 0 amide bonds. The fraction of sp³-hybridized carbons (Fsp3) is 0.194. The summed E-state index contributed by atoms with van der Waals surface area (Å²) < 4.78 is 57.6. The highest BCUT2D eigenvalue weighted by Gasteiger charge is 2.24. The molecule has 1 aliphatic heterocycles. The van der Waals surface area contributed by atoms with Gasteiger partial charge in [-0.1, -0.05) is 12.1 Å². The molecule has 228 valence electrons. The van der Waals surface area contributed by atoms with Crippen LogP contribution in [0.25, 0.3) is 22.2 Å². The second-order valence-corrected chi connectivity index (χ2v) is 11.7. The molecular formula is C31H30F2N6O4S. The maximum Gasteiger partial charge on any atom is 0.290 e. The zero-order valence-corrected chi connectivity index (χ0v) is 24.3. The van der Waals surface area contributed by atoms with E-state index in [1.54, 1.807) is 12.1 Å². The smallest absolute Gasteiger partial charge is 0.290 e. The van der Waals surface area contributed by atoms with Crippen LogP contribution in [0.3, 0.4) is 0 Å². The summed E-state index contributed by atoms with van der Waals surface area (Å²) in [6, 6.07) is 19.4. The molecule has 0 spiro atoms. The number of rotatable bonds is 9. The highest BCUT2D eigenvalue weighted by Crippen LogP contribution is 2.27. The number of anilines is 3. The molecule has 0 aliphatic carbocycles. The van der Waals surface area contributed by atoms with Crippen LogP contribution in [-0.4, -0.2) is 59.1 Å². The van der Waals surface area contributed by atoms with Gasteiger partial charge >= 0.3 is 0 Å². The Balaban J connectivity index is 0.00000123. The third-order valence-corrected chi connectivity index (χ3v) is 8.62. The van der Waals surface area contributed by atoms with E-state index >= 15 is 0 Å². The molecule has 0 saturated carbocycles. The summed E-state index contributed by atoms with van der Waals surface area (Å²) in [5.41, 5.74) is 3.70. The molecule has 44 heavy (non-hydrogen) atoms. The molecule has 0 atom stereocenters. The molecule has 6 rings (SSSR count). The van der Waals surface area contributed by atoms with Gasteiger partial charge in [-0.25, -0.2) is 27.2 Å². The Kier molecular flexibility index (Phi) is 9.46. The lowest BCUT2D eigenvalue weighted by molar-refractivity contribution is -0.122. The summed E-state index contributed by atoms with van der Waals surface area (Å²) in [4.78, 5) is 18.6. The number of carbonyl (C=O) groups is 1. The molecule has 1 saturated heterocycles. The molecule has 1 aliphatic rings. The molecule has 10 nitrogen and oxygen atoms in total. The van der Waals surface area contributed by atoms with Crippen LogP contribution >= 0.6 is 0 Å². The Hall–Kier alpha value is -4.88. The van der Waals surface area contributed by atoms with E-state index in [0.29, 0.717) is 11.5 Å². The summed E-state index contributed by atoms with van der Waals surface area (Å²) >= 11 is 0. The van der Waals surface area contributed by atoms with Crippen molar-refractivity contribution in [3.8, 4) is 11.3 Å². The van der Waals surface area contributed by atoms with Crippen molar-refractivity contribution in [2.45, 2.75) is 24.3 Å². The van der Waals surface area contributed by atoms with Crippen LogP contribution in [0.2, 0.25) is 0 Å². The molecule has 0 bridgehead atoms. The van der Waals surface area contributed by atoms with Gasteiger partial charge in [0.15, 0.2) is 4.90 Å². The third kappa shape index (κ3) is 7.18. The van der Waals surface area contributed by atoms with Gasteiger partial charge in [0.25, 0.3) is 16.5 Å². The second kappa shape index (κ2) is 13.6. The molecule has 2 aromatic heterocycles. The predicted octanol–water partition coefficient (Wildman–Crippen LogP) is 5.72. The fourth-order valence-electron chi connectivity index (χ4n) is 5.11. The van der Waals surface area contributed by atoms with Crippen LogP contribution in [0.5, 0.6) is 0 Å². The van der Waals surface area contributed by atoms with Gasteiger partial charge in [0.05, 0.1) is 5.69 Å². The van der Waals surface area contributed by atoms with E-state index in [4.69, 9.17) is 9.90 Å². The van der Waals surface area contributed by atoms with E-state index in [1.165, 1.54) is 49.9 Å². The van der Waals surface area contributed by atoms with Gasteiger partial charge in [0, 0.05) is 53.2 Å². The van der Waals surface area contributed by atoms with Crippen molar-refractivity contribution in [1.82, 2.24) is 19.4 Å². The van der Waals surface area contributed by atoms with E-state index in [-0.39, 0.29) is 12.2 Å². The predicted molar refractivity (Wildman–Crippen MR) is 164 cm³/mol. The number of fused-ring (bicyclic) bond motifs is 1. The summed E-state index contributed by atoms with van der Waals surface area (Å²) in [7, 11) is -4.45. The second-order valence-electron chi connectivity index (χ2n) is 10.1. The molecular weight excluding hydrogens is 590 g/mol. The third-order valence-electron chi connectivity index (χ3n) is 7.19. The number of halogens is 2. The number of nitrogens with zero attached hydrogens (tertiary/aromatic N) is 4. The zero-order valence-electron chi connectivity index (χ0n) is 23.5. The van der Waals surface area contributed by atoms with Crippen LogP contribution in [0.15, 0.2) is 90.2 Å². The fourth-order valence-corrected chi connectivity index (χ4v) is 6.31. The van der Waals surface area contributed by atoms with E-state index in [1.807, 2.05) is 6.07 Å². The molecule has 3 heterocycles. The lowest BCUT2D eigenvalue weighted by Gasteiger charge is -2.15. The first-order valence-corrected chi connectivity index (χ1v) is 15.3. The van der Waals surface area contributed by atoms with Crippen molar-refractivity contribution in [3.63, 3.8) is 0 Å². The van der Waals surface area contributed by atoms with Gasteiger partial charge < -0.3 is 19.9 Å². The van der Waals surface area contributed by atoms with Crippen LogP contribution in [0.4, 0.5) is 26.0 Å². The van der Waals surface area contributed by atoms with E-state index in [0.717, 1.165) is 47.9 Å². The van der Waals surface area contributed by atoms with Gasteiger partial charge in [0.2, 0.25) is 0 Å². The van der Waals surface area contributed by atoms with Gasteiger partial charge in [-0.05, 0) is 80.5 Å². The largest absolute Gasteiger partial charge is 0.483 e. The number of benzene rings is 3. The van der Waals surface area contributed by atoms with Gasteiger partial charge in [-0.2, -0.15) is 0 Å². The normalized spacial score (nSPS) is 13.3. The quantitative estimate of drug-likeness (QED) is 0.179. The van der Waals surface area contributed by atoms with Crippen LogP contribution in [0.1, 0.15) is 12.8 Å². The first kappa shape index (κ1) is 30.6. The molecule has 0 radical (unpaired) electrons. The Bertz CT molecular complexity index is 1840. The maximum atomic E-state index is 14.0. The summed E-state index contributed by atoms with van der Waals surface area (Å²) in [6.45, 7) is 4.15. The Morgan fingerprint density at radius 1 is 0.886 bits per heavy atom. The summed E-state index contributed by atoms with van der Waals surface area (Å²) in [5.74, 6) is -1.77. The highest BCUT2D eigenvalue weighted by atomic mass is 32.2. The number of hydrogen-bond acceptors (Lipinski definition) is 7. The first-order valence-electron chi connectivity index (χ1n) is 13.8. The van der Waals surface area contributed by atoms with Crippen molar-refractivity contribution >= 4 is 44.6 Å². The van der Waals surface area contributed by atoms with Crippen molar-refractivity contribution in [1.29, 1.82) is 0 Å². The van der Waals surface area contributed by atoms with E-state index in [2.05, 4.69) is 59.9 Å². The Morgan fingerprint density at radius 2 is 1.57 bits per heavy atom. The average molecular weight is 621 g/mol. The number of aromatic nitrogens is 3. The van der Waals surface area contributed by atoms with Crippen LogP contribution in [0, 0.1) is 11.6 Å². The SMILES string of the molecule is O=CO.O=S(=O)(Nc1ccc(Nc2cc(-c3ccc4c(ccn4CCN4CCCC4)c3)ncn2)cc1)c1c(F)cccc1F. The number of sulfonamides is 1. The van der Waals surface area contributed by atoms with Gasteiger partial charge in [-0.3, -0.25) is 9.52 Å². The first-order chi connectivity index (χ1) is 21.3. The minimum absolute atomic E-state index is 0.155. The minimum Gasteiger partial charge on any atom is -0.483 e. The number of likely N-dealkylation sites (tertiary alicyclic amines) is 1. The molecule has 3 N–H and O–H groups in total. The van der Waals surface area contributed by atoms with Gasteiger partial charge in [-0.15, -0.1) is 0 Å². The van der Waals surface area contributed by atoms with Crippen LogP contribution in [-0.2, 0) is 21.4 Å². The minimum atomic E-state index is -4.45. The van der Waals surface area contributed by atoms with E-state index < -0.39 is 26.6 Å². The molecule has 0 unspecified atom stereocenters. The lowest BCUT2D eigenvalue weighted by atomic mass is 10.1. The van der Waals surface area contributed by atoms with E-state index in [9.17, 15) is 17.2 Å².